The van der Waals surface area contributed by atoms with Crippen LogP contribution in [0.4, 0.5) is 4.39 Å². The van der Waals surface area contributed by atoms with E-state index in [1.165, 1.54) is 12.1 Å². The fourth-order valence-electron chi connectivity index (χ4n) is 2.33. The second-order valence-corrected chi connectivity index (χ2v) is 4.56. The third kappa shape index (κ3) is 2.00. The third-order valence-electron chi connectivity index (χ3n) is 3.29. The zero-order valence-electron chi connectivity index (χ0n) is 10.5. The number of rotatable bonds is 2. The molecule has 2 aromatic carbocycles. The second-order valence-electron chi connectivity index (χ2n) is 4.56. The van der Waals surface area contributed by atoms with Crippen LogP contribution in [0.1, 0.15) is 17.3 Å². The van der Waals surface area contributed by atoms with Crippen LogP contribution < -0.4 is 5.73 Å². The normalized spacial score (nSPS) is 12.8. The van der Waals surface area contributed by atoms with Gasteiger partial charge in [0.2, 0.25) is 0 Å². The second kappa shape index (κ2) is 4.48. The number of hydrogen-bond donors (Lipinski definition) is 1. The van der Waals surface area contributed by atoms with E-state index in [9.17, 15) is 4.39 Å². The van der Waals surface area contributed by atoms with Crippen molar-refractivity contribution in [2.75, 3.05) is 0 Å². The molecule has 1 aromatic heterocycles. The SMILES string of the molecule is Cn1nc(C(N)c2cccc(F)c2)c2ccccc21. The van der Waals surface area contributed by atoms with Crippen molar-refractivity contribution in [3.8, 4) is 0 Å². The predicted molar refractivity (Wildman–Crippen MR) is 73.1 cm³/mol. The van der Waals surface area contributed by atoms with Gasteiger partial charge in [0, 0.05) is 12.4 Å². The van der Waals surface area contributed by atoms with Gasteiger partial charge in [-0.1, -0.05) is 30.3 Å². The van der Waals surface area contributed by atoms with Gasteiger partial charge in [-0.05, 0) is 23.8 Å². The Kier molecular flexibility index (Phi) is 2.80. The number of para-hydroxylation sites is 1. The van der Waals surface area contributed by atoms with Crippen molar-refractivity contribution in [3.05, 3.63) is 65.6 Å². The van der Waals surface area contributed by atoms with Gasteiger partial charge < -0.3 is 5.73 Å². The van der Waals surface area contributed by atoms with E-state index in [0.717, 1.165) is 22.2 Å². The molecule has 3 rings (SSSR count). The van der Waals surface area contributed by atoms with Crippen LogP contribution in [0.5, 0.6) is 0 Å². The van der Waals surface area contributed by atoms with Crippen LogP contribution >= 0.6 is 0 Å². The van der Waals surface area contributed by atoms with Gasteiger partial charge >= 0.3 is 0 Å². The largest absolute Gasteiger partial charge is 0.319 e. The van der Waals surface area contributed by atoms with Crippen molar-refractivity contribution in [2.24, 2.45) is 12.8 Å². The molecule has 3 nitrogen and oxygen atoms in total. The van der Waals surface area contributed by atoms with Crippen molar-refractivity contribution >= 4 is 10.9 Å². The maximum Gasteiger partial charge on any atom is 0.123 e. The highest BCUT2D eigenvalue weighted by Gasteiger charge is 2.17. The Balaban J connectivity index is 2.14. The molecular formula is C15H14FN3. The highest BCUT2D eigenvalue weighted by atomic mass is 19.1. The fraction of sp³-hybridized carbons (Fsp3) is 0.133. The molecule has 4 heteroatoms. The number of nitrogens with zero attached hydrogens (tertiary/aromatic N) is 2. The molecule has 19 heavy (non-hydrogen) atoms. The van der Waals surface area contributed by atoms with Gasteiger partial charge in [-0.25, -0.2) is 4.39 Å². The molecule has 0 radical (unpaired) electrons. The average Bonchev–Trinajstić information content (AvgIpc) is 2.76. The van der Waals surface area contributed by atoms with Gasteiger partial charge in [0.25, 0.3) is 0 Å². The zero-order chi connectivity index (χ0) is 13.4. The molecule has 0 amide bonds. The maximum absolute atomic E-state index is 13.3. The minimum atomic E-state index is -0.429. The molecule has 96 valence electrons. The number of aromatic nitrogens is 2. The van der Waals surface area contributed by atoms with E-state index < -0.39 is 6.04 Å². The Bertz CT molecular complexity index is 733. The Labute approximate surface area is 110 Å². The van der Waals surface area contributed by atoms with E-state index in [-0.39, 0.29) is 5.82 Å². The Morgan fingerprint density at radius 1 is 1.16 bits per heavy atom. The lowest BCUT2D eigenvalue weighted by Gasteiger charge is -2.09. The minimum absolute atomic E-state index is 0.284. The van der Waals surface area contributed by atoms with Crippen LogP contribution in [0.2, 0.25) is 0 Å². The number of aryl methyl sites for hydroxylation is 1. The van der Waals surface area contributed by atoms with Crippen molar-refractivity contribution in [1.29, 1.82) is 0 Å². The first-order chi connectivity index (χ1) is 9.16. The molecule has 0 bridgehead atoms. The number of hydrogen-bond acceptors (Lipinski definition) is 2. The van der Waals surface area contributed by atoms with E-state index >= 15 is 0 Å². The topological polar surface area (TPSA) is 43.8 Å². The molecule has 0 spiro atoms. The van der Waals surface area contributed by atoms with Crippen LogP contribution in [0.25, 0.3) is 10.9 Å². The maximum atomic E-state index is 13.3. The molecule has 0 fully saturated rings. The molecular weight excluding hydrogens is 241 g/mol. The predicted octanol–water partition coefficient (Wildman–Crippen LogP) is 2.76. The number of nitrogens with two attached hydrogens (primary N) is 1. The van der Waals surface area contributed by atoms with Gasteiger partial charge in [-0.2, -0.15) is 5.10 Å². The van der Waals surface area contributed by atoms with E-state index in [1.807, 2.05) is 37.4 Å². The van der Waals surface area contributed by atoms with Gasteiger partial charge in [0.05, 0.1) is 17.3 Å². The number of halogens is 1. The summed E-state index contributed by atoms with van der Waals surface area (Å²) in [6, 6.07) is 13.8. The van der Waals surface area contributed by atoms with E-state index in [4.69, 9.17) is 5.73 Å². The van der Waals surface area contributed by atoms with Crippen LogP contribution in [-0.2, 0) is 7.05 Å². The van der Waals surface area contributed by atoms with Crippen molar-refractivity contribution in [1.82, 2.24) is 9.78 Å². The van der Waals surface area contributed by atoms with Gasteiger partial charge in [-0.3, -0.25) is 4.68 Å². The molecule has 1 atom stereocenters. The Hall–Kier alpha value is -2.20. The van der Waals surface area contributed by atoms with E-state index in [0.29, 0.717) is 0 Å². The molecule has 0 aliphatic heterocycles. The summed E-state index contributed by atoms with van der Waals surface area (Å²) in [4.78, 5) is 0. The molecule has 0 aliphatic carbocycles. The van der Waals surface area contributed by atoms with Crippen LogP contribution in [0.3, 0.4) is 0 Å². The molecule has 3 aromatic rings. The van der Waals surface area contributed by atoms with Crippen LogP contribution in [-0.4, -0.2) is 9.78 Å². The molecule has 1 heterocycles. The summed E-state index contributed by atoms with van der Waals surface area (Å²) in [5, 5.41) is 5.47. The first-order valence-electron chi connectivity index (χ1n) is 6.09. The molecule has 0 saturated carbocycles. The molecule has 0 aliphatic rings. The average molecular weight is 255 g/mol. The summed E-state index contributed by atoms with van der Waals surface area (Å²) in [5.74, 6) is -0.284. The standard InChI is InChI=1S/C15H14FN3/c1-19-13-8-3-2-7-12(13)15(18-19)14(17)10-5-4-6-11(16)9-10/h2-9,14H,17H2,1H3. The van der Waals surface area contributed by atoms with Crippen molar-refractivity contribution < 1.29 is 4.39 Å². The summed E-state index contributed by atoms with van der Waals surface area (Å²) >= 11 is 0. The highest BCUT2D eigenvalue weighted by molar-refractivity contribution is 5.82. The highest BCUT2D eigenvalue weighted by Crippen LogP contribution is 2.26. The lowest BCUT2D eigenvalue weighted by Crippen LogP contribution is -2.13. The van der Waals surface area contributed by atoms with E-state index in [2.05, 4.69) is 5.10 Å². The van der Waals surface area contributed by atoms with Gasteiger partial charge in [-0.15, -0.1) is 0 Å². The molecule has 1 unspecified atom stereocenters. The van der Waals surface area contributed by atoms with Crippen molar-refractivity contribution in [2.45, 2.75) is 6.04 Å². The summed E-state index contributed by atoms with van der Waals surface area (Å²) in [6.45, 7) is 0. The Morgan fingerprint density at radius 2 is 1.95 bits per heavy atom. The lowest BCUT2D eigenvalue weighted by molar-refractivity contribution is 0.622. The van der Waals surface area contributed by atoms with Gasteiger partial charge in [0.15, 0.2) is 0 Å². The molecule has 0 saturated heterocycles. The van der Waals surface area contributed by atoms with Crippen LogP contribution in [0.15, 0.2) is 48.5 Å². The number of fused-ring (bicyclic) bond motifs is 1. The fourth-order valence-corrected chi connectivity index (χ4v) is 2.33. The van der Waals surface area contributed by atoms with Crippen LogP contribution in [0, 0.1) is 5.82 Å². The minimum Gasteiger partial charge on any atom is -0.319 e. The first-order valence-corrected chi connectivity index (χ1v) is 6.09. The third-order valence-corrected chi connectivity index (χ3v) is 3.29. The lowest BCUT2D eigenvalue weighted by atomic mass is 10.0. The van der Waals surface area contributed by atoms with Gasteiger partial charge in [0.1, 0.15) is 5.82 Å². The summed E-state index contributed by atoms with van der Waals surface area (Å²) < 4.78 is 15.1. The summed E-state index contributed by atoms with van der Waals surface area (Å²) in [7, 11) is 1.88. The zero-order valence-corrected chi connectivity index (χ0v) is 10.5. The van der Waals surface area contributed by atoms with E-state index in [1.54, 1.807) is 10.7 Å². The Morgan fingerprint density at radius 3 is 2.74 bits per heavy atom. The summed E-state index contributed by atoms with van der Waals surface area (Å²) in [6.07, 6.45) is 0. The number of benzene rings is 2. The smallest absolute Gasteiger partial charge is 0.123 e. The quantitative estimate of drug-likeness (QED) is 0.765. The first kappa shape index (κ1) is 11.9. The monoisotopic (exact) mass is 255 g/mol. The molecule has 2 N–H and O–H groups in total. The summed E-state index contributed by atoms with van der Waals surface area (Å²) in [5.41, 5.74) is 8.73. The van der Waals surface area contributed by atoms with Crippen molar-refractivity contribution in [3.63, 3.8) is 0 Å².